The summed E-state index contributed by atoms with van der Waals surface area (Å²) in [4.78, 5) is 14.0. The van der Waals surface area contributed by atoms with Gasteiger partial charge in [-0.3, -0.25) is 9.52 Å². The molecule has 110 valence electrons. The number of nitrogens with two attached hydrogens (primary N) is 1. The quantitative estimate of drug-likeness (QED) is 0.516. The van der Waals surface area contributed by atoms with Crippen LogP contribution in [0.15, 0.2) is 12.0 Å². The fraction of sp³-hybridized carbons (Fsp3) is 0.700. The number of carboxylic acids is 1. The molecule has 0 aromatic carbocycles. The molecule has 19 heavy (non-hydrogen) atoms. The van der Waals surface area contributed by atoms with Crippen LogP contribution in [0.2, 0.25) is 0 Å². The Bertz CT molecular complexity index is 448. The number of unbranched alkanes of at least 4 members (excludes halogenated alkanes) is 2. The highest BCUT2D eigenvalue weighted by Crippen LogP contribution is 2.14. The molecular weight excluding hydrogens is 272 g/mol. The van der Waals surface area contributed by atoms with E-state index in [1.165, 1.54) is 0 Å². The highest BCUT2D eigenvalue weighted by Gasteiger charge is 2.20. The van der Waals surface area contributed by atoms with E-state index < -0.39 is 16.2 Å². The van der Waals surface area contributed by atoms with Crippen molar-refractivity contribution in [3.8, 4) is 0 Å². The van der Waals surface area contributed by atoms with Crippen molar-refractivity contribution in [1.29, 1.82) is 0 Å². The second-order valence-corrected chi connectivity index (χ2v) is 5.82. The van der Waals surface area contributed by atoms with Gasteiger partial charge < -0.3 is 14.9 Å². The molecular formula is C10H20N4O4S. The van der Waals surface area contributed by atoms with Crippen LogP contribution in [-0.2, 0) is 15.0 Å². The van der Waals surface area contributed by atoms with Gasteiger partial charge in [-0.15, -0.1) is 0 Å². The lowest BCUT2D eigenvalue weighted by molar-refractivity contribution is -0.137. The lowest BCUT2D eigenvalue weighted by Crippen LogP contribution is -2.37. The van der Waals surface area contributed by atoms with Gasteiger partial charge in [0.25, 0.3) is 10.2 Å². The van der Waals surface area contributed by atoms with E-state index in [0.717, 1.165) is 12.8 Å². The average Bonchev–Trinajstić information content (AvgIpc) is 2.55. The number of carbonyl (C=O) groups is 1. The third-order valence-corrected chi connectivity index (χ3v) is 3.14. The summed E-state index contributed by atoms with van der Waals surface area (Å²) in [6, 6.07) is 0. The Morgan fingerprint density at radius 3 is 2.74 bits per heavy atom. The minimum atomic E-state index is -3.77. The van der Waals surface area contributed by atoms with Crippen LogP contribution in [0.4, 0.5) is 0 Å². The van der Waals surface area contributed by atoms with Gasteiger partial charge in [-0.05, 0) is 12.8 Å². The van der Waals surface area contributed by atoms with E-state index in [4.69, 9.17) is 10.2 Å². The maximum Gasteiger partial charge on any atom is 0.303 e. The van der Waals surface area contributed by atoms with Gasteiger partial charge in [0.2, 0.25) is 0 Å². The van der Waals surface area contributed by atoms with E-state index in [0.29, 0.717) is 25.5 Å². The molecule has 1 heterocycles. The van der Waals surface area contributed by atoms with Crippen molar-refractivity contribution in [2.24, 2.45) is 5.14 Å². The number of hydrogen-bond acceptors (Lipinski definition) is 5. The second kappa shape index (κ2) is 6.62. The van der Waals surface area contributed by atoms with E-state index in [9.17, 15) is 13.2 Å². The molecule has 0 fully saturated rings. The Morgan fingerprint density at radius 2 is 2.16 bits per heavy atom. The van der Waals surface area contributed by atoms with Gasteiger partial charge in [-0.25, -0.2) is 5.14 Å². The molecule has 9 heteroatoms. The van der Waals surface area contributed by atoms with Crippen molar-refractivity contribution in [3.05, 3.63) is 12.0 Å². The fourth-order valence-corrected chi connectivity index (χ4v) is 2.33. The lowest BCUT2D eigenvalue weighted by Gasteiger charge is -2.22. The first kappa shape index (κ1) is 15.6. The third kappa shape index (κ3) is 6.30. The first-order valence-corrected chi connectivity index (χ1v) is 7.52. The summed E-state index contributed by atoms with van der Waals surface area (Å²) in [6.07, 6.45) is 4.04. The molecule has 0 unspecified atom stereocenters. The summed E-state index contributed by atoms with van der Waals surface area (Å²) >= 11 is 0. The molecule has 0 saturated carbocycles. The zero-order valence-corrected chi connectivity index (χ0v) is 11.7. The van der Waals surface area contributed by atoms with Gasteiger partial charge in [-0.1, -0.05) is 6.42 Å². The molecule has 0 aromatic rings. The van der Waals surface area contributed by atoms with Gasteiger partial charge in [0.1, 0.15) is 5.82 Å². The molecule has 0 radical (unpaired) electrons. The van der Waals surface area contributed by atoms with Crippen molar-refractivity contribution in [2.75, 3.05) is 20.3 Å². The Balaban J connectivity index is 2.36. The topological polar surface area (TPSA) is 116 Å². The van der Waals surface area contributed by atoms with Crippen LogP contribution in [0, 0.1) is 0 Å². The number of carboxylic acid groups (broad SMARTS) is 1. The molecule has 0 aliphatic carbocycles. The Hall–Kier alpha value is -1.48. The number of rotatable bonds is 8. The lowest BCUT2D eigenvalue weighted by atomic mass is 10.2. The SMILES string of the molecule is CN1C=C(NS(N)(=O)=O)N(CCCCCC(=O)O)C1. The van der Waals surface area contributed by atoms with Crippen LogP contribution in [0.3, 0.4) is 0 Å². The molecule has 0 amide bonds. The van der Waals surface area contributed by atoms with Crippen LogP contribution >= 0.6 is 0 Å². The third-order valence-electron chi connectivity index (χ3n) is 2.64. The van der Waals surface area contributed by atoms with Gasteiger partial charge in [0.15, 0.2) is 0 Å². The molecule has 1 aliphatic rings. The van der Waals surface area contributed by atoms with Crippen LogP contribution < -0.4 is 9.86 Å². The first-order valence-electron chi connectivity index (χ1n) is 5.97. The minimum Gasteiger partial charge on any atom is -0.481 e. The molecule has 8 nitrogen and oxygen atoms in total. The predicted molar refractivity (Wildman–Crippen MR) is 69.8 cm³/mol. The molecule has 1 rings (SSSR count). The van der Waals surface area contributed by atoms with Crippen LogP contribution in [0.25, 0.3) is 0 Å². The summed E-state index contributed by atoms with van der Waals surface area (Å²) in [7, 11) is -1.95. The Kier molecular flexibility index (Phi) is 5.43. The van der Waals surface area contributed by atoms with Crippen LogP contribution in [0.1, 0.15) is 25.7 Å². The Morgan fingerprint density at radius 1 is 1.47 bits per heavy atom. The van der Waals surface area contributed by atoms with Crippen LogP contribution in [-0.4, -0.2) is 49.6 Å². The molecule has 0 saturated heterocycles. The summed E-state index contributed by atoms with van der Waals surface area (Å²) in [5, 5.41) is 13.5. The maximum atomic E-state index is 11.0. The zero-order valence-electron chi connectivity index (χ0n) is 10.9. The van der Waals surface area contributed by atoms with Crippen molar-refractivity contribution in [2.45, 2.75) is 25.7 Å². The van der Waals surface area contributed by atoms with E-state index in [1.54, 1.807) is 6.20 Å². The van der Waals surface area contributed by atoms with Crippen molar-refractivity contribution >= 4 is 16.2 Å². The van der Waals surface area contributed by atoms with E-state index in [2.05, 4.69) is 4.72 Å². The number of nitrogens with zero attached hydrogens (tertiary/aromatic N) is 2. The second-order valence-electron chi connectivity index (χ2n) is 4.53. The van der Waals surface area contributed by atoms with Gasteiger partial charge in [-0.2, -0.15) is 8.42 Å². The van der Waals surface area contributed by atoms with E-state index >= 15 is 0 Å². The molecule has 0 aromatic heterocycles. The maximum absolute atomic E-state index is 11.0. The smallest absolute Gasteiger partial charge is 0.303 e. The standard InChI is InChI=1S/C10H20N4O4S/c1-13-7-9(12-19(11,17)18)14(8-13)6-4-2-3-5-10(15)16/h7,12H,2-6,8H2,1H3,(H,15,16)(H2,11,17,18). The van der Waals surface area contributed by atoms with Gasteiger partial charge in [0.05, 0.1) is 6.67 Å². The highest BCUT2D eigenvalue weighted by atomic mass is 32.2. The summed E-state index contributed by atoms with van der Waals surface area (Å²) in [5.74, 6) is -0.347. The highest BCUT2D eigenvalue weighted by molar-refractivity contribution is 7.87. The monoisotopic (exact) mass is 292 g/mol. The molecule has 0 spiro atoms. The molecule has 0 atom stereocenters. The first-order chi connectivity index (χ1) is 8.78. The predicted octanol–water partition coefficient (Wildman–Crippen LogP) is -0.572. The fourth-order valence-electron chi connectivity index (χ4n) is 1.86. The Labute approximate surface area is 113 Å². The average molecular weight is 292 g/mol. The van der Waals surface area contributed by atoms with Crippen molar-refractivity contribution in [1.82, 2.24) is 14.5 Å². The summed E-state index contributed by atoms with van der Waals surface area (Å²) in [6.45, 7) is 1.23. The molecule has 4 N–H and O–H groups in total. The summed E-state index contributed by atoms with van der Waals surface area (Å²) in [5.41, 5.74) is 0. The van der Waals surface area contributed by atoms with Gasteiger partial charge >= 0.3 is 5.97 Å². The van der Waals surface area contributed by atoms with Crippen molar-refractivity contribution in [3.63, 3.8) is 0 Å². The van der Waals surface area contributed by atoms with Crippen LogP contribution in [0.5, 0.6) is 0 Å². The molecule has 1 aliphatic heterocycles. The number of hydrogen-bond donors (Lipinski definition) is 3. The number of nitrogens with one attached hydrogen (secondary N) is 1. The number of aliphatic carboxylic acids is 1. The largest absolute Gasteiger partial charge is 0.481 e. The normalized spacial score (nSPS) is 15.6. The van der Waals surface area contributed by atoms with Crippen molar-refractivity contribution < 1.29 is 18.3 Å². The minimum absolute atomic E-state index is 0.165. The van der Waals surface area contributed by atoms with E-state index in [-0.39, 0.29) is 6.42 Å². The van der Waals surface area contributed by atoms with Gasteiger partial charge in [0, 0.05) is 26.2 Å². The summed E-state index contributed by atoms with van der Waals surface area (Å²) < 4.78 is 24.3. The van der Waals surface area contributed by atoms with E-state index in [1.807, 2.05) is 16.8 Å². The molecule has 0 bridgehead atoms. The zero-order chi connectivity index (χ0) is 14.5.